The lowest BCUT2D eigenvalue weighted by molar-refractivity contribution is -0.299. The van der Waals surface area contributed by atoms with E-state index < -0.39 is 54.2 Å². The van der Waals surface area contributed by atoms with Gasteiger partial charge in [0.25, 0.3) is 0 Å². The molecule has 3 aromatic rings. The molecule has 1 aliphatic heterocycles. The topological polar surface area (TPSA) is 118 Å². The number of carbonyl (C=O) groups is 3. The van der Waals surface area contributed by atoms with Crippen molar-refractivity contribution in [3.8, 4) is 0 Å². The van der Waals surface area contributed by atoms with E-state index >= 15 is 0 Å². The van der Waals surface area contributed by atoms with E-state index in [1.165, 1.54) is 6.92 Å². The summed E-state index contributed by atoms with van der Waals surface area (Å²) in [5, 5.41) is 10.8. The number of rotatable bonds is 9. The number of hydrogen-bond donors (Lipinski definition) is 1. The Bertz CT molecular complexity index is 1180. The van der Waals surface area contributed by atoms with Crippen molar-refractivity contribution < 1.29 is 43.2 Å². The van der Waals surface area contributed by atoms with Gasteiger partial charge in [-0.05, 0) is 16.7 Å². The number of benzene rings is 3. The molecule has 9 heteroatoms. The van der Waals surface area contributed by atoms with Gasteiger partial charge < -0.3 is 28.8 Å². The summed E-state index contributed by atoms with van der Waals surface area (Å²) in [7, 11) is 0. The van der Waals surface area contributed by atoms with Crippen LogP contribution in [-0.4, -0.2) is 60.3 Å². The summed E-state index contributed by atoms with van der Waals surface area (Å²) < 4.78 is 28.8. The van der Waals surface area contributed by atoms with Crippen LogP contribution in [-0.2, 0) is 43.7 Å². The molecule has 4 rings (SSSR count). The zero-order valence-corrected chi connectivity index (χ0v) is 22.5. The van der Waals surface area contributed by atoms with Gasteiger partial charge in [0.2, 0.25) is 0 Å². The molecule has 0 unspecified atom stereocenters. The van der Waals surface area contributed by atoms with E-state index in [0.29, 0.717) is 0 Å². The van der Waals surface area contributed by atoms with Crippen molar-refractivity contribution in [1.82, 2.24) is 0 Å². The highest BCUT2D eigenvalue weighted by atomic mass is 16.7. The van der Waals surface area contributed by atoms with Crippen molar-refractivity contribution in [3.05, 3.63) is 108 Å². The number of aliphatic hydroxyl groups excluding tert-OH is 1. The first-order chi connectivity index (χ1) is 19.2. The first-order valence-electron chi connectivity index (χ1n) is 12.9. The Kier molecular flexibility index (Phi) is 9.31. The van der Waals surface area contributed by atoms with Gasteiger partial charge in [0.15, 0.2) is 24.6 Å². The number of carbonyl (C=O) groups excluding carboxylic acids is 3. The van der Waals surface area contributed by atoms with Crippen molar-refractivity contribution in [2.24, 2.45) is 0 Å². The van der Waals surface area contributed by atoms with E-state index in [1.807, 2.05) is 91.0 Å². The fraction of sp³-hybridized carbons (Fsp3) is 0.323. The Morgan fingerprint density at radius 3 is 1.43 bits per heavy atom. The van der Waals surface area contributed by atoms with Crippen LogP contribution in [0.1, 0.15) is 37.5 Å². The van der Waals surface area contributed by atoms with Crippen LogP contribution in [0.2, 0.25) is 0 Å². The van der Waals surface area contributed by atoms with Crippen LogP contribution in [0.25, 0.3) is 0 Å². The molecule has 1 saturated heterocycles. The molecular formula is C31H32O9. The van der Waals surface area contributed by atoms with Crippen LogP contribution in [0.15, 0.2) is 91.0 Å². The van der Waals surface area contributed by atoms with Gasteiger partial charge in [-0.25, -0.2) is 0 Å². The molecule has 0 aliphatic carbocycles. The fourth-order valence-corrected chi connectivity index (χ4v) is 4.98. The van der Waals surface area contributed by atoms with Crippen LogP contribution in [0, 0.1) is 0 Å². The van der Waals surface area contributed by atoms with Gasteiger partial charge in [-0.3, -0.25) is 14.4 Å². The summed E-state index contributed by atoms with van der Waals surface area (Å²) >= 11 is 0. The quantitative estimate of drug-likeness (QED) is 0.244. The maximum Gasteiger partial charge on any atom is 0.303 e. The maximum atomic E-state index is 12.1. The van der Waals surface area contributed by atoms with Crippen molar-refractivity contribution in [2.75, 3.05) is 6.61 Å². The molecular weight excluding hydrogens is 516 g/mol. The molecule has 0 radical (unpaired) electrons. The van der Waals surface area contributed by atoms with E-state index in [-0.39, 0.29) is 6.61 Å². The van der Waals surface area contributed by atoms with Crippen molar-refractivity contribution in [2.45, 2.75) is 57.1 Å². The highest BCUT2D eigenvalue weighted by Gasteiger charge is 2.52. The zero-order valence-electron chi connectivity index (χ0n) is 22.5. The Morgan fingerprint density at radius 1 is 0.650 bits per heavy atom. The second-order valence-corrected chi connectivity index (χ2v) is 9.38. The van der Waals surface area contributed by atoms with Crippen LogP contribution in [0.5, 0.6) is 0 Å². The molecule has 0 spiro atoms. The average Bonchev–Trinajstić information content (AvgIpc) is 2.94. The third kappa shape index (κ3) is 6.39. The van der Waals surface area contributed by atoms with E-state index in [1.54, 1.807) is 0 Å². The van der Waals surface area contributed by atoms with E-state index in [9.17, 15) is 19.5 Å². The van der Waals surface area contributed by atoms with Gasteiger partial charge in [-0.1, -0.05) is 91.0 Å². The van der Waals surface area contributed by atoms with Gasteiger partial charge in [-0.15, -0.1) is 0 Å². The SMILES string of the molecule is CC(=O)O[C@@H]1[C@H](OC(C)=O)[C@H](COC(c2ccccc2)(c2ccccc2)c2ccccc2)O[C@H](O)[C@H]1OC(C)=O. The minimum Gasteiger partial charge on any atom is -0.456 e. The van der Waals surface area contributed by atoms with Crippen molar-refractivity contribution in [3.63, 3.8) is 0 Å². The predicted molar refractivity (Wildman–Crippen MR) is 143 cm³/mol. The first kappa shape index (κ1) is 28.9. The molecule has 9 nitrogen and oxygen atoms in total. The molecule has 0 bridgehead atoms. The van der Waals surface area contributed by atoms with E-state index in [4.69, 9.17) is 23.7 Å². The summed E-state index contributed by atoms with van der Waals surface area (Å²) in [5.74, 6) is -2.15. The molecule has 1 fully saturated rings. The van der Waals surface area contributed by atoms with Crippen LogP contribution in [0.3, 0.4) is 0 Å². The molecule has 0 amide bonds. The van der Waals surface area contributed by atoms with Gasteiger partial charge in [-0.2, -0.15) is 0 Å². The Labute approximate surface area is 232 Å². The van der Waals surface area contributed by atoms with Gasteiger partial charge in [0.1, 0.15) is 11.7 Å². The number of ether oxygens (including phenoxy) is 5. The fourth-order valence-electron chi connectivity index (χ4n) is 4.98. The molecule has 0 saturated carbocycles. The normalized spacial score (nSPS) is 22.6. The van der Waals surface area contributed by atoms with E-state index in [0.717, 1.165) is 30.5 Å². The predicted octanol–water partition coefficient (Wildman–Crippen LogP) is 3.51. The lowest BCUT2D eigenvalue weighted by atomic mass is 9.80. The molecule has 1 N–H and O–H groups in total. The monoisotopic (exact) mass is 548 g/mol. The smallest absolute Gasteiger partial charge is 0.303 e. The second kappa shape index (κ2) is 12.9. The minimum absolute atomic E-state index is 0.210. The average molecular weight is 549 g/mol. The summed E-state index contributed by atoms with van der Waals surface area (Å²) in [6, 6.07) is 28.8. The highest BCUT2D eigenvalue weighted by molar-refractivity contribution is 5.68. The lowest BCUT2D eigenvalue weighted by Crippen LogP contribution is -2.62. The Balaban J connectivity index is 1.79. The molecule has 5 atom stereocenters. The van der Waals surface area contributed by atoms with Crippen LogP contribution in [0.4, 0.5) is 0 Å². The molecule has 1 aliphatic rings. The van der Waals surface area contributed by atoms with Gasteiger partial charge in [0.05, 0.1) is 6.61 Å². The molecule has 40 heavy (non-hydrogen) atoms. The second-order valence-electron chi connectivity index (χ2n) is 9.38. The third-order valence-electron chi connectivity index (χ3n) is 6.52. The number of esters is 3. The largest absolute Gasteiger partial charge is 0.456 e. The van der Waals surface area contributed by atoms with Gasteiger partial charge in [0, 0.05) is 20.8 Å². The summed E-state index contributed by atoms with van der Waals surface area (Å²) in [6.07, 6.45) is -6.82. The summed E-state index contributed by atoms with van der Waals surface area (Å²) in [4.78, 5) is 35.9. The molecule has 0 aromatic heterocycles. The summed E-state index contributed by atoms with van der Waals surface area (Å²) in [5.41, 5.74) is 1.33. The Morgan fingerprint density at radius 2 is 1.02 bits per heavy atom. The molecule has 3 aromatic carbocycles. The minimum atomic E-state index is -1.69. The third-order valence-corrected chi connectivity index (χ3v) is 6.52. The molecule has 1 heterocycles. The van der Waals surface area contributed by atoms with Crippen LogP contribution < -0.4 is 0 Å². The number of hydrogen-bond acceptors (Lipinski definition) is 9. The van der Waals surface area contributed by atoms with Gasteiger partial charge >= 0.3 is 17.9 Å². The first-order valence-corrected chi connectivity index (χ1v) is 12.9. The Hall–Kier alpha value is -4.05. The van der Waals surface area contributed by atoms with E-state index in [2.05, 4.69) is 0 Å². The van der Waals surface area contributed by atoms with Crippen molar-refractivity contribution in [1.29, 1.82) is 0 Å². The molecule has 210 valence electrons. The number of aliphatic hydroxyl groups is 1. The highest BCUT2D eigenvalue weighted by Crippen LogP contribution is 2.41. The summed E-state index contributed by atoms with van der Waals surface area (Å²) in [6.45, 7) is 3.28. The standard InChI is InChI=1S/C31H32O9/c1-20(32)37-27-26(40-30(35)29(39-22(3)34)28(27)38-21(2)33)19-36-31(23-13-7-4-8-14-23,24-15-9-5-10-16-24)25-17-11-6-12-18-25/h4-18,26-30,35H,19H2,1-3H3/t26-,27+,28+,29-,30-/m0/s1. The van der Waals surface area contributed by atoms with Crippen molar-refractivity contribution >= 4 is 17.9 Å². The zero-order chi connectivity index (χ0) is 28.7. The lowest BCUT2D eigenvalue weighted by Gasteiger charge is -2.44. The maximum absolute atomic E-state index is 12.1. The van der Waals surface area contributed by atoms with Crippen LogP contribution >= 0.6 is 0 Å².